The van der Waals surface area contributed by atoms with E-state index < -0.39 is 11.9 Å². The summed E-state index contributed by atoms with van der Waals surface area (Å²) in [6.45, 7) is 2.59. The third kappa shape index (κ3) is 4.27. The van der Waals surface area contributed by atoms with Gasteiger partial charge in [0.1, 0.15) is 0 Å². The summed E-state index contributed by atoms with van der Waals surface area (Å²) in [4.78, 5) is 0. The van der Waals surface area contributed by atoms with E-state index in [1.165, 1.54) is 7.11 Å². The lowest BCUT2D eigenvalue weighted by Crippen LogP contribution is -2.18. The van der Waals surface area contributed by atoms with E-state index in [1.807, 2.05) is 6.92 Å². The molecule has 0 aliphatic carbocycles. The summed E-state index contributed by atoms with van der Waals surface area (Å²) >= 11 is 0. The normalized spacial score (nSPS) is 14.3. The fourth-order valence-corrected chi connectivity index (χ4v) is 2.03. The van der Waals surface area contributed by atoms with Gasteiger partial charge < -0.3 is 14.6 Å². The smallest absolute Gasteiger partial charge is 0.168 e. The lowest BCUT2D eigenvalue weighted by molar-refractivity contribution is 0.101. The highest BCUT2D eigenvalue weighted by atomic mass is 19.1. The molecule has 0 heterocycles. The van der Waals surface area contributed by atoms with Gasteiger partial charge in [-0.15, -0.1) is 0 Å². The van der Waals surface area contributed by atoms with Crippen LogP contribution in [-0.4, -0.2) is 32.0 Å². The van der Waals surface area contributed by atoms with E-state index in [9.17, 15) is 9.50 Å². The van der Waals surface area contributed by atoms with E-state index in [2.05, 4.69) is 0 Å². The number of ether oxygens (including phenoxy) is 2. The number of aliphatic hydroxyl groups is 1. The van der Waals surface area contributed by atoms with Gasteiger partial charge in [0.05, 0.1) is 13.2 Å². The van der Waals surface area contributed by atoms with Gasteiger partial charge in [0, 0.05) is 20.1 Å². The van der Waals surface area contributed by atoms with Crippen molar-refractivity contribution in [2.75, 3.05) is 20.8 Å². The Labute approximate surface area is 108 Å². The number of aliphatic hydroxyl groups excluding tert-OH is 1. The lowest BCUT2D eigenvalue weighted by atomic mass is 9.98. The van der Waals surface area contributed by atoms with E-state index in [-0.39, 0.29) is 18.1 Å². The molecular formula is C14H21FO3. The quantitative estimate of drug-likeness (QED) is 0.814. The van der Waals surface area contributed by atoms with Gasteiger partial charge in [0.15, 0.2) is 11.6 Å². The first-order chi connectivity index (χ1) is 8.58. The van der Waals surface area contributed by atoms with Crippen molar-refractivity contribution in [3.05, 3.63) is 29.6 Å². The van der Waals surface area contributed by atoms with E-state index in [4.69, 9.17) is 9.47 Å². The molecule has 0 aliphatic rings. The Morgan fingerprint density at radius 3 is 2.67 bits per heavy atom. The molecule has 1 rings (SSSR count). The largest absolute Gasteiger partial charge is 0.494 e. The Morgan fingerprint density at radius 1 is 1.33 bits per heavy atom. The van der Waals surface area contributed by atoms with Crippen LogP contribution in [0.5, 0.6) is 5.75 Å². The number of methoxy groups -OCH3 is 2. The van der Waals surface area contributed by atoms with Crippen molar-refractivity contribution in [2.24, 2.45) is 5.92 Å². The lowest BCUT2D eigenvalue weighted by Gasteiger charge is -2.16. The molecular weight excluding hydrogens is 235 g/mol. The van der Waals surface area contributed by atoms with E-state index in [0.717, 1.165) is 0 Å². The minimum Gasteiger partial charge on any atom is -0.494 e. The van der Waals surface area contributed by atoms with Crippen LogP contribution in [0.4, 0.5) is 4.39 Å². The summed E-state index contributed by atoms with van der Waals surface area (Å²) in [6.07, 6.45) is 0.304. The van der Waals surface area contributed by atoms with Crippen LogP contribution in [0.3, 0.4) is 0 Å². The van der Waals surface area contributed by atoms with Crippen molar-refractivity contribution in [1.82, 2.24) is 0 Å². The Hall–Kier alpha value is -1.13. The molecule has 2 atom stereocenters. The van der Waals surface area contributed by atoms with Gasteiger partial charge >= 0.3 is 0 Å². The first-order valence-electron chi connectivity index (χ1n) is 6.06. The minimum absolute atomic E-state index is 0.213. The van der Waals surface area contributed by atoms with Crippen molar-refractivity contribution >= 4 is 0 Å². The second-order valence-electron chi connectivity index (χ2n) is 4.59. The van der Waals surface area contributed by atoms with Crippen LogP contribution in [0.15, 0.2) is 18.2 Å². The van der Waals surface area contributed by atoms with Crippen molar-refractivity contribution in [3.63, 3.8) is 0 Å². The molecule has 102 valence electrons. The first-order valence-corrected chi connectivity index (χ1v) is 6.06. The van der Waals surface area contributed by atoms with Crippen LogP contribution in [-0.2, 0) is 11.2 Å². The van der Waals surface area contributed by atoms with Gasteiger partial charge in [0.25, 0.3) is 0 Å². The number of hydrogen-bond acceptors (Lipinski definition) is 3. The summed E-state index contributed by atoms with van der Waals surface area (Å²) in [7, 11) is 3.06. The summed E-state index contributed by atoms with van der Waals surface area (Å²) in [6, 6.07) is 4.96. The third-order valence-electron chi connectivity index (χ3n) is 2.84. The van der Waals surface area contributed by atoms with Gasteiger partial charge in [0.2, 0.25) is 0 Å². The standard InChI is InChI=1S/C14H21FO3/c1-10(9-17-2)7-12(16)8-11-5-4-6-13(18-3)14(11)15/h4-6,10,12,16H,7-9H2,1-3H3. The Balaban J connectivity index is 2.61. The van der Waals surface area contributed by atoms with Crippen LogP contribution in [0, 0.1) is 11.7 Å². The average molecular weight is 256 g/mol. The maximum absolute atomic E-state index is 13.9. The number of halogens is 1. The molecule has 0 aromatic heterocycles. The topological polar surface area (TPSA) is 38.7 Å². The number of hydrogen-bond donors (Lipinski definition) is 1. The van der Waals surface area contributed by atoms with E-state index in [1.54, 1.807) is 25.3 Å². The maximum atomic E-state index is 13.9. The molecule has 1 N–H and O–H groups in total. The van der Waals surface area contributed by atoms with Crippen LogP contribution < -0.4 is 4.74 Å². The highest BCUT2D eigenvalue weighted by Crippen LogP contribution is 2.22. The molecule has 0 radical (unpaired) electrons. The molecule has 0 spiro atoms. The van der Waals surface area contributed by atoms with Crippen molar-refractivity contribution in [1.29, 1.82) is 0 Å². The number of benzene rings is 1. The zero-order valence-electron chi connectivity index (χ0n) is 11.1. The molecule has 2 unspecified atom stereocenters. The molecule has 1 aromatic rings. The molecule has 4 heteroatoms. The molecule has 0 aliphatic heterocycles. The highest BCUT2D eigenvalue weighted by Gasteiger charge is 2.15. The molecule has 3 nitrogen and oxygen atoms in total. The number of rotatable bonds is 7. The summed E-state index contributed by atoms with van der Waals surface area (Å²) in [5, 5.41) is 9.92. The third-order valence-corrected chi connectivity index (χ3v) is 2.84. The van der Waals surface area contributed by atoms with Crippen LogP contribution >= 0.6 is 0 Å². The molecule has 0 saturated heterocycles. The fourth-order valence-electron chi connectivity index (χ4n) is 2.03. The first kappa shape index (κ1) is 14.9. The minimum atomic E-state index is -0.572. The Bertz CT molecular complexity index is 368. The predicted octanol–water partition coefficient (Wildman–Crippen LogP) is 2.41. The SMILES string of the molecule is COCC(C)CC(O)Cc1cccc(OC)c1F. The molecule has 18 heavy (non-hydrogen) atoms. The Kier molecular flexibility index (Phi) is 6.09. The van der Waals surface area contributed by atoms with Gasteiger partial charge in [-0.05, 0) is 24.0 Å². The maximum Gasteiger partial charge on any atom is 0.168 e. The zero-order chi connectivity index (χ0) is 13.5. The molecule has 0 amide bonds. The molecule has 0 saturated carbocycles. The van der Waals surface area contributed by atoms with Gasteiger partial charge in [-0.2, -0.15) is 0 Å². The second-order valence-corrected chi connectivity index (χ2v) is 4.59. The predicted molar refractivity (Wildman–Crippen MR) is 68.3 cm³/mol. The summed E-state index contributed by atoms with van der Waals surface area (Å²) in [5.74, 6) is 0.0711. The summed E-state index contributed by atoms with van der Waals surface area (Å²) < 4.78 is 23.8. The fraction of sp³-hybridized carbons (Fsp3) is 0.571. The van der Waals surface area contributed by atoms with Crippen molar-refractivity contribution < 1.29 is 19.0 Å². The van der Waals surface area contributed by atoms with Gasteiger partial charge in [-0.1, -0.05) is 19.1 Å². The Morgan fingerprint density at radius 2 is 2.06 bits per heavy atom. The van der Waals surface area contributed by atoms with Crippen molar-refractivity contribution in [2.45, 2.75) is 25.9 Å². The van der Waals surface area contributed by atoms with E-state index in [0.29, 0.717) is 18.6 Å². The monoisotopic (exact) mass is 256 g/mol. The zero-order valence-corrected chi connectivity index (χ0v) is 11.1. The molecule has 0 bridgehead atoms. The van der Waals surface area contributed by atoms with Crippen molar-refractivity contribution in [3.8, 4) is 5.75 Å². The molecule has 1 aromatic carbocycles. The second kappa shape index (κ2) is 7.34. The average Bonchev–Trinajstić information content (AvgIpc) is 2.32. The van der Waals surface area contributed by atoms with Crippen LogP contribution in [0.2, 0.25) is 0 Å². The summed E-state index contributed by atoms with van der Waals surface area (Å²) in [5.41, 5.74) is 0.478. The van der Waals surface area contributed by atoms with Gasteiger partial charge in [-0.25, -0.2) is 4.39 Å². The highest BCUT2D eigenvalue weighted by molar-refractivity contribution is 5.31. The molecule has 0 fully saturated rings. The van der Waals surface area contributed by atoms with Crippen LogP contribution in [0.25, 0.3) is 0 Å². The van der Waals surface area contributed by atoms with Gasteiger partial charge in [-0.3, -0.25) is 0 Å². The van der Waals surface area contributed by atoms with Crippen LogP contribution in [0.1, 0.15) is 18.9 Å². The van der Waals surface area contributed by atoms with E-state index >= 15 is 0 Å².